The molecule has 28 heavy (non-hydrogen) atoms. The minimum atomic E-state index is 0.813. The molecule has 2 rings (SSSR count). The molecule has 2 aromatic rings. The summed E-state index contributed by atoms with van der Waals surface area (Å²) in [5.41, 5.74) is 2.63. The van der Waals surface area contributed by atoms with Crippen molar-refractivity contribution in [2.24, 2.45) is 0 Å². The summed E-state index contributed by atoms with van der Waals surface area (Å²) in [4.78, 5) is 0. The first kappa shape index (κ1) is 24.0. The van der Waals surface area contributed by atoms with Gasteiger partial charge in [-0.3, -0.25) is 0 Å². The molecular formula is C24H34I2O2. The van der Waals surface area contributed by atoms with Crippen LogP contribution in [0.4, 0.5) is 0 Å². The summed E-state index contributed by atoms with van der Waals surface area (Å²) in [7, 11) is 0. The van der Waals surface area contributed by atoms with E-state index in [0.29, 0.717) is 0 Å². The lowest BCUT2D eigenvalue weighted by Crippen LogP contribution is -2.02. The molecule has 0 amide bonds. The summed E-state index contributed by atoms with van der Waals surface area (Å²) in [6, 6.07) is 8.78. The Morgan fingerprint density at radius 3 is 1.39 bits per heavy atom. The summed E-state index contributed by atoms with van der Waals surface area (Å²) in [6.45, 7) is 6.11. The molecular weight excluding hydrogens is 574 g/mol. The second-order valence-corrected chi connectivity index (χ2v) is 8.79. The van der Waals surface area contributed by atoms with Gasteiger partial charge in [-0.25, -0.2) is 0 Å². The van der Waals surface area contributed by atoms with Crippen molar-refractivity contribution in [3.8, 4) is 11.5 Å². The van der Waals surface area contributed by atoms with Crippen molar-refractivity contribution >= 4 is 56.0 Å². The summed E-state index contributed by atoms with van der Waals surface area (Å²) in [5, 5.41) is 2.62. The molecule has 0 fully saturated rings. The average molecular weight is 608 g/mol. The summed E-state index contributed by atoms with van der Waals surface area (Å²) in [5.74, 6) is 2.09. The number of ether oxygens (including phenoxy) is 2. The van der Waals surface area contributed by atoms with Gasteiger partial charge in [0.25, 0.3) is 0 Å². The van der Waals surface area contributed by atoms with Crippen LogP contribution in [0.25, 0.3) is 10.8 Å². The quantitative estimate of drug-likeness (QED) is 0.122. The normalized spacial score (nSPS) is 11.1. The number of fused-ring (bicyclic) bond motifs is 1. The van der Waals surface area contributed by atoms with Crippen LogP contribution in [0, 0.1) is 0 Å². The molecule has 156 valence electrons. The fourth-order valence-electron chi connectivity index (χ4n) is 3.46. The highest BCUT2D eigenvalue weighted by Crippen LogP contribution is 2.37. The number of hydrogen-bond acceptors (Lipinski definition) is 2. The largest absolute Gasteiger partial charge is 0.493 e. The minimum absolute atomic E-state index is 0.813. The Morgan fingerprint density at radius 1 is 0.607 bits per heavy atom. The van der Waals surface area contributed by atoms with Gasteiger partial charge >= 0.3 is 0 Å². The van der Waals surface area contributed by atoms with Gasteiger partial charge in [-0.05, 0) is 35.7 Å². The molecule has 0 aliphatic rings. The molecule has 0 aliphatic carbocycles. The van der Waals surface area contributed by atoms with E-state index in [-0.39, 0.29) is 0 Å². The Labute approximate surface area is 198 Å². The summed E-state index contributed by atoms with van der Waals surface area (Å²) < 4.78 is 14.2. The predicted octanol–water partition coefficient (Wildman–Crippen LogP) is 8.63. The van der Waals surface area contributed by atoms with E-state index in [4.69, 9.17) is 9.47 Å². The van der Waals surface area contributed by atoms with Gasteiger partial charge in [0.1, 0.15) is 11.5 Å². The third-order valence-corrected chi connectivity index (χ3v) is 6.64. The standard InChI is InChI=1S/C24H34I2O2/c1-3-5-7-9-15-27-23-13-11-20-19(21(23)17-25)12-14-24(22(20)18-26)28-16-10-8-6-4-2/h11-14H,3-10,15-18H2,1-2H3. The van der Waals surface area contributed by atoms with E-state index < -0.39 is 0 Å². The number of unbranched alkanes of at least 4 members (excludes halogenated alkanes) is 6. The highest BCUT2D eigenvalue weighted by Gasteiger charge is 2.14. The lowest BCUT2D eigenvalue weighted by atomic mass is 10.00. The molecule has 0 unspecified atom stereocenters. The topological polar surface area (TPSA) is 18.5 Å². The molecule has 4 heteroatoms. The molecule has 0 aromatic heterocycles. The molecule has 0 saturated heterocycles. The molecule has 2 nitrogen and oxygen atoms in total. The van der Waals surface area contributed by atoms with Crippen molar-refractivity contribution in [3.05, 3.63) is 35.4 Å². The van der Waals surface area contributed by atoms with E-state index in [0.717, 1.165) is 46.4 Å². The van der Waals surface area contributed by atoms with Crippen LogP contribution < -0.4 is 9.47 Å². The van der Waals surface area contributed by atoms with Gasteiger partial charge in [-0.2, -0.15) is 0 Å². The maximum absolute atomic E-state index is 6.15. The molecule has 2 aromatic carbocycles. The second-order valence-electron chi connectivity index (χ2n) is 7.27. The number of halogens is 2. The zero-order valence-corrected chi connectivity index (χ0v) is 21.7. The first-order valence-electron chi connectivity index (χ1n) is 10.7. The Morgan fingerprint density at radius 2 is 1.04 bits per heavy atom. The SMILES string of the molecule is CCCCCCOc1ccc2c(CI)c(OCCCCCC)ccc2c1CI. The number of hydrogen-bond donors (Lipinski definition) is 0. The van der Waals surface area contributed by atoms with Crippen molar-refractivity contribution in [1.82, 2.24) is 0 Å². The Balaban J connectivity index is 2.16. The van der Waals surface area contributed by atoms with E-state index in [1.807, 2.05) is 0 Å². The van der Waals surface area contributed by atoms with Crippen LogP contribution in [-0.4, -0.2) is 13.2 Å². The lowest BCUT2D eigenvalue weighted by Gasteiger charge is -2.17. The van der Waals surface area contributed by atoms with E-state index in [2.05, 4.69) is 83.3 Å². The summed E-state index contributed by atoms with van der Waals surface area (Å²) >= 11 is 4.91. The summed E-state index contributed by atoms with van der Waals surface area (Å²) in [6.07, 6.45) is 9.88. The van der Waals surface area contributed by atoms with Crippen LogP contribution in [0.1, 0.15) is 76.3 Å². The fraction of sp³-hybridized carbons (Fsp3) is 0.583. The molecule has 0 N–H and O–H groups in total. The third-order valence-electron chi connectivity index (χ3n) is 5.12. The number of alkyl halides is 2. The molecule has 0 atom stereocenters. The second kappa shape index (κ2) is 13.9. The number of benzene rings is 2. The maximum atomic E-state index is 6.15. The molecule has 0 radical (unpaired) electrons. The van der Waals surface area contributed by atoms with Crippen LogP contribution in [0.2, 0.25) is 0 Å². The van der Waals surface area contributed by atoms with Crippen molar-refractivity contribution in [2.45, 2.75) is 74.1 Å². The van der Waals surface area contributed by atoms with Gasteiger partial charge in [0.2, 0.25) is 0 Å². The van der Waals surface area contributed by atoms with E-state index in [1.165, 1.54) is 60.4 Å². The smallest absolute Gasteiger partial charge is 0.123 e. The maximum Gasteiger partial charge on any atom is 0.123 e. The van der Waals surface area contributed by atoms with Crippen LogP contribution in [0.5, 0.6) is 11.5 Å². The van der Waals surface area contributed by atoms with E-state index in [1.54, 1.807) is 0 Å². The van der Waals surface area contributed by atoms with Crippen molar-refractivity contribution in [3.63, 3.8) is 0 Å². The Hall–Kier alpha value is -0.240. The van der Waals surface area contributed by atoms with Gasteiger partial charge in [0.05, 0.1) is 13.2 Å². The van der Waals surface area contributed by atoms with Crippen LogP contribution in [0.15, 0.2) is 24.3 Å². The van der Waals surface area contributed by atoms with Crippen molar-refractivity contribution < 1.29 is 9.47 Å². The van der Waals surface area contributed by atoms with Crippen LogP contribution in [0.3, 0.4) is 0 Å². The van der Waals surface area contributed by atoms with E-state index in [9.17, 15) is 0 Å². The van der Waals surface area contributed by atoms with Gasteiger partial charge in [-0.1, -0.05) is 110 Å². The number of rotatable bonds is 14. The minimum Gasteiger partial charge on any atom is -0.493 e. The highest BCUT2D eigenvalue weighted by atomic mass is 127. The first-order chi connectivity index (χ1) is 13.8. The third kappa shape index (κ3) is 6.92. The average Bonchev–Trinajstić information content (AvgIpc) is 2.72. The van der Waals surface area contributed by atoms with E-state index >= 15 is 0 Å². The van der Waals surface area contributed by atoms with Crippen LogP contribution >= 0.6 is 45.2 Å². The van der Waals surface area contributed by atoms with Gasteiger partial charge in [-0.15, -0.1) is 0 Å². The molecule has 0 heterocycles. The zero-order chi connectivity index (χ0) is 20.2. The van der Waals surface area contributed by atoms with Crippen LogP contribution in [-0.2, 0) is 8.86 Å². The molecule has 0 bridgehead atoms. The highest BCUT2D eigenvalue weighted by molar-refractivity contribution is 14.1. The molecule has 0 spiro atoms. The van der Waals surface area contributed by atoms with Gasteiger partial charge in [0.15, 0.2) is 0 Å². The zero-order valence-electron chi connectivity index (χ0n) is 17.4. The van der Waals surface area contributed by atoms with Crippen molar-refractivity contribution in [2.75, 3.05) is 13.2 Å². The first-order valence-corrected chi connectivity index (χ1v) is 13.8. The Kier molecular flexibility index (Phi) is 11.9. The van der Waals surface area contributed by atoms with Gasteiger partial charge in [0, 0.05) is 20.0 Å². The molecule has 0 saturated carbocycles. The molecule has 0 aliphatic heterocycles. The lowest BCUT2D eigenvalue weighted by molar-refractivity contribution is 0.302. The predicted molar refractivity (Wildman–Crippen MR) is 139 cm³/mol. The van der Waals surface area contributed by atoms with Gasteiger partial charge < -0.3 is 9.47 Å². The fourth-order valence-corrected chi connectivity index (χ4v) is 5.03. The van der Waals surface area contributed by atoms with Crippen molar-refractivity contribution in [1.29, 1.82) is 0 Å². The Bertz CT molecular complexity index is 654. The monoisotopic (exact) mass is 608 g/mol.